The van der Waals surface area contributed by atoms with Crippen LogP contribution in [0.4, 0.5) is 29.1 Å². The zero-order valence-corrected chi connectivity index (χ0v) is 23.6. The Labute approximate surface area is 235 Å². The van der Waals surface area contributed by atoms with E-state index in [1.807, 2.05) is 20.8 Å². The molecule has 0 unspecified atom stereocenters. The van der Waals surface area contributed by atoms with Gasteiger partial charge < -0.3 is 10.1 Å². The van der Waals surface area contributed by atoms with Crippen LogP contribution in [0.15, 0.2) is 65.8 Å². The number of rotatable bonds is 10. The van der Waals surface area contributed by atoms with E-state index in [-0.39, 0.29) is 23.3 Å². The summed E-state index contributed by atoms with van der Waals surface area (Å²) in [7, 11) is -3.64. The Morgan fingerprint density at radius 3 is 2.49 bits per heavy atom. The van der Waals surface area contributed by atoms with E-state index in [1.54, 1.807) is 24.5 Å². The molecule has 218 valence electrons. The van der Waals surface area contributed by atoms with E-state index < -0.39 is 51.5 Å². The first-order chi connectivity index (χ1) is 19.4. The number of sulfonamides is 1. The number of methoxy groups -OCH3 is 1. The summed E-state index contributed by atoms with van der Waals surface area (Å²) < 4.78 is 91.6. The van der Waals surface area contributed by atoms with Crippen LogP contribution >= 0.6 is 0 Å². The molecular weight excluding hydrogens is 562 g/mol. The fraction of sp³-hybridized carbons (Fsp3) is 0.286. The van der Waals surface area contributed by atoms with Crippen molar-refractivity contribution in [3.8, 4) is 22.4 Å². The minimum absolute atomic E-state index is 0.102. The van der Waals surface area contributed by atoms with Crippen molar-refractivity contribution in [3.05, 3.63) is 78.4 Å². The van der Waals surface area contributed by atoms with Crippen molar-refractivity contribution in [2.45, 2.75) is 37.8 Å². The SMILES string of the molecule is COCN(c1cccc(-c2nn(CCF)cc2-c2ccnc(NC(C)(C)C)c2)c1F)S(=O)(=O)c1cc(F)ccc1F. The highest BCUT2D eigenvalue weighted by atomic mass is 32.2. The molecule has 0 fully saturated rings. The largest absolute Gasteiger partial charge is 0.365 e. The Morgan fingerprint density at radius 1 is 1.05 bits per heavy atom. The van der Waals surface area contributed by atoms with Crippen molar-refractivity contribution in [2.75, 3.05) is 30.1 Å². The van der Waals surface area contributed by atoms with Gasteiger partial charge in [0.25, 0.3) is 10.0 Å². The van der Waals surface area contributed by atoms with E-state index in [2.05, 4.69) is 15.4 Å². The standard InChI is InChI=1S/C28H29F4N5O3S/c1-28(2,3)34-25-14-18(10-12-33-25)21-16-36(13-11-29)35-27(21)20-6-5-7-23(26(20)32)37(17-40-4)41(38,39)24-15-19(30)8-9-22(24)31/h5-10,12,14-16H,11,13,17H2,1-4H3,(H,33,34). The van der Waals surface area contributed by atoms with Gasteiger partial charge in [0.2, 0.25) is 0 Å². The lowest BCUT2D eigenvalue weighted by Gasteiger charge is -2.25. The Morgan fingerprint density at radius 2 is 1.80 bits per heavy atom. The van der Waals surface area contributed by atoms with Crippen molar-refractivity contribution in [2.24, 2.45) is 0 Å². The molecule has 2 aromatic carbocycles. The number of anilines is 2. The molecule has 0 atom stereocenters. The van der Waals surface area contributed by atoms with Gasteiger partial charge in [-0.1, -0.05) is 6.07 Å². The van der Waals surface area contributed by atoms with Crippen LogP contribution in [0.3, 0.4) is 0 Å². The lowest BCUT2D eigenvalue weighted by Crippen LogP contribution is -2.34. The summed E-state index contributed by atoms with van der Waals surface area (Å²) in [6, 6.07) is 9.33. The van der Waals surface area contributed by atoms with Crippen LogP contribution < -0.4 is 9.62 Å². The summed E-state index contributed by atoms with van der Waals surface area (Å²) in [5.41, 5.74) is 0.255. The second kappa shape index (κ2) is 11.9. The van der Waals surface area contributed by atoms with Crippen LogP contribution in [0.5, 0.6) is 0 Å². The van der Waals surface area contributed by atoms with Crippen molar-refractivity contribution in [1.29, 1.82) is 0 Å². The molecule has 0 aliphatic rings. The molecule has 0 aliphatic heterocycles. The highest BCUT2D eigenvalue weighted by Crippen LogP contribution is 2.38. The summed E-state index contributed by atoms with van der Waals surface area (Å²) in [6.07, 6.45) is 3.12. The van der Waals surface area contributed by atoms with E-state index >= 15 is 4.39 Å². The van der Waals surface area contributed by atoms with E-state index in [0.29, 0.717) is 33.4 Å². The molecule has 0 saturated heterocycles. The number of hydrogen-bond acceptors (Lipinski definition) is 6. The number of hydrogen-bond donors (Lipinski definition) is 1. The maximum Gasteiger partial charge on any atom is 0.269 e. The number of ether oxygens (including phenoxy) is 1. The molecule has 0 spiro atoms. The molecule has 8 nitrogen and oxygen atoms in total. The van der Waals surface area contributed by atoms with Crippen molar-refractivity contribution < 1.29 is 30.7 Å². The first-order valence-corrected chi connectivity index (χ1v) is 13.9. The van der Waals surface area contributed by atoms with Crippen LogP contribution in [0.1, 0.15) is 20.8 Å². The number of benzene rings is 2. The number of nitrogens with one attached hydrogen (secondary N) is 1. The first kappa shape index (κ1) is 30.0. The molecule has 0 amide bonds. The van der Waals surface area contributed by atoms with Gasteiger partial charge in [0.05, 0.1) is 12.2 Å². The summed E-state index contributed by atoms with van der Waals surface area (Å²) in [5, 5.41) is 7.65. The summed E-state index contributed by atoms with van der Waals surface area (Å²) >= 11 is 0. The van der Waals surface area contributed by atoms with Gasteiger partial charge in [0.15, 0.2) is 5.82 Å². The predicted molar refractivity (Wildman–Crippen MR) is 148 cm³/mol. The lowest BCUT2D eigenvalue weighted by molar-refractivity contribution is 0.209. The van der Waals surface area contributed by atoms with Gasteiger partial charge in [0, 0.05) is 36.2 Å². The van der Waals surface area contributed by atoms with Gasteiger partial charge in [-0.3, -0.25) is 4.68 Å². The summed E-state index contributed by atoms with van der Waals surface area (Å²) in [4.78, 5) is 3.34. The molecule has 0 radical (unpaired) electrons. The normalized spacial score (nSPS) is 12.0. The van der Waals surface area contributed by atoms with Crippen molar-refractivity contribution in [3.63, 3.8) is 0 Å². The quantitative estimate of drug-likeness (QED) is 0.180. The Balaban J connectivity index is 1.88. The third-order valence-corrected chi connectivity index (χ3v) is 7.61. The molecular formula is C28H29F4N5O3S. The molecule has 0 bridgehead atoms. The van der Waals surface area contributed by atoms with E-state index in [0.717, 1.165) is 6.07 Å². The lowest BCUT2D eigenvalue weighted by atomic mass is 10.0. The topological polar surface area (TPSA) is 89.3 Å². The van der Waals surface area contributed by atoms with Gasteiger partial charge in [-0.05, 0) is 68.8 Å². The van der Waals surface area contributed by atoms with Crippen molar-refractivity contribution in [1.82, 2.24) is 14.8 Å². The molecule has 0 saturated carbocycles. The fourth-order valence-electron chi connectivity index (χ4n) is 4.16. The molecule has 2 aromatic heterocycles. The predicted octanol–water partition coefficient (Wildman–Crippen LogP) is 6.01. The highest BCUT2D eigenvalue weighted by molar-refractivity contribution is 7.92. The molecule has 41 heavy (non-hydrogen) atoms. The van der Waals surface area contributed by atoms with E-state index in [9.17, 15) is 21.6 Å². The number of pyridine rings is 1. The summed E-state index contributed by atoms with van der Waals surface area (Å²) in [6.45, 7) is 4.35. The van der Waals surface area contributed by atoms with Crippen LogP contribution in [0, 0.1) is 17.5 Å². The van der Waals surface area contributed by atoms with Gasteiger partial charge >= 0.3 is 0 Å². The molecule has 1 N–H and O–H groups in total. The zero-order chi connectivity index (χ0) is 29.9. The number of nitrogens with zero attached hydrogens (tertiary/aromatic N) is 4. The minimum atomic E-state index is -4.82. The van der Waals surface area contributed by atoms with Gasteiger partial charge in [-0.25, -0.2) is 35.3 Å². The van der Waals surface area contributed by atoms with Crippen LogP contribution in [0.25, 0.3) is 22.4 Å². The third kappa shape index (κ3) is 6.51. The Hall–Kier alpha value is -3.97. The van der Waals surface area contributed by atoms with Crippen LogP contribution in [0.2, 0.25) is 0 Å². The Bertz CT molecular complexity index is 1650. The molecule has 13 heteroatoms. The average molecular weight is 592 g/mol. The third-order valence-electron chi connectivity index (χ3n) is 5.86. The second-order valence-electron chi connectivity index (χ2n) is 10.1. The molecule has 2 heterocycles. The van der Waals surface area contributed by atoms with Gasteiger partial charge in [-0.2, -0.15) is 5.10 Å². The monoisotopic (exact) mass is 591 g/mol. The smallest absolute Gasteiger partial charge is 0.269 e. The van der Waals surface area contributed by atoms with E-state index in [4.69, 9.17) is 4.74 Å². The number of aromatic nitrogens is 3. The number of halogens is 4. The second-order valence-corrected chi connectivity index (χ2v) is 12.0. The number of aryl methyl sites for hydroxylation is 1. The molecule has 4 rings (SSSR count). The number of alkyl halides is 1. The Kier molecular flexibility index (Phi) is 8.69. The average Bonchev–Trinajstić information content (AvgIpc) is 3.32. The van der Waals surface area contributed by atoms with Crippen LogP contribution in [-0.4, -0.2) is 49.2 Å². The molecule has 0 aliphatic carbocycles. The highest BCUT2D eigenvalue weighted by Gasteiger charge is 2.32. The fourth-order valence-corrected chi connectivity index (χ4v) is 5.62. The maximum absolute atomic E-state index is 16.3. The molecule has 4 aromatic rings. The minimum Gasteiger partial charge on any atom is -0.365 e. The zero-order valence-electron chi connectivity index (χ0n) is 22.8. The maximum atomic E-state index is 16.3. The van der Waals surface area contributed by atoms with Gasteiger partial charge in [0.1, 0.15) is 41.4 Å². The van der Waals surface area contributed by atoms with Gasteiger partial charge in [-0.15, -0.1) is 0 Å². The van der Waals surface area contributed by atoms with Crippen LogP contribution in [-0.2, 0) is 21.3 Å². The van der Waals surface area contributed by atoms with E-state index in [1.165, 1.54) is 30.0 Å². The van der Waals surface area contributed by atoms with Crippen molar-refractivity contribution >= 4 is 21.5 Å². The summed E-state index contributed by atoms with van der Waals surface area (Å²) in [5.74, 6) is -2.67. The first-order valence-electron chi connectivity index (χ1n) is 12.5.